The monoisotopic (exact) mass is 153 g/mol. The van der Waals surface area contributed by atoms with Gasteiger partial charge in [-0.05, 0) is 18.1 Å². The lowest BCUT2D eigenvalue weighted by atomic mass is 10.2. The number of carbonyl (C=O) groups is 1. The predicted molar refractivity (Wildman–Crippen MR) is 42.3 cm³/mol. The van der Waals surface area contributed by atoms with Crippen LogP contribution < -0.4 is 0 Å². The van der Waals surface area contributed by atoms with Crippen LogP contribution in [0.15, 0.2) is 24.5 Å². The van der Waals surface area contributed by atoms with Crippen molar-refractivity contribution in [2.75, 3.05) is 0 Å². The molecule has 1 N–H and O–H groups in total. The number of carboxylic acid groups (broad SMARTS) is 1. The second-order valence-corrected chi connectivity index (χ2v) is 1.82. The molecular weight excluding hydrogens is 142 g/mol. The Morgan fingerprint density at radius 3 is 2.64 bits per heavy atom. The molecule has 1 aromatic rings. The van der Waals surface area contributed by atoms with Crippen molar-refractivity contribution in [3.05, 3.63) is 30.1 Å². The summed E-state index contributed by atoms with van der Waals surface area (Å²) in [7, 11) is 0. The first-order chi connectivity index (χ1) is 5.35. The highest BCUT2D eigenvalue weighted by Crippen LogP contribution is 1.93. The quantitative estimate of drug-likeness (QED) is 0.619. The number of rotatable bonds is 1. The van der Waals surface area contributed by atoms with Gasteiger partial charge in [-0.1, -0.05) is 13.0 Å². The highest BCUT2D eigenvalue weighted by molar-refractivity contribution is 5.32. The maximum absolute atomic E-state index is 8.36. The van der Waals surface area contributed by atoms with E-state index in [0.717, 1.165) is 6.42 Å². The van der Waals surface area contributed by atoms with Crippen LogP contribution in [0.5, 0.6) is 0 Å². The highest BCUT2D eigenvalue weighted by atomic mass is 16.3. The number of nitrogens with zero attached hydrogens (tertiary/aromatic N) is 1. The Kier molecular flexibility index (Phi) is 5.89. The zero-order chi connectivity index (χ0) is 8.53. The summed E-state index contributed by atoms with van der Waals surface area (Å²) < 4.78 is 0. The SMILES string of the molecule is CCc1cccnc1.O=CO. The van der Waals surface area contributed by atoms with Gasteiger partial charge in [0.1, 0.15) is 0 Å². The van der Waals surface area contributed by atoms with Crippen molar-refractivity contribution in [1.82, 2.24) is 4.98 Å². The number of aromatic nitrogens is 1. The molecule has 0 aliphatic rings. The van der Waals surface area contributed by atoms with Crippen molar-refractivity contribution in [2.45, 2.75) is 13.3 Å². The molecule has 0 bridgehead atoms. The van der Waals surface area contributed by atoms with E-state index in [1.54, 1.807) is 6.20 Å². The second kappa shape index (κ2) is 6.74. The van der Waals surface area contributed by atoms with E-state index in [1.165, 1.54) is 5.56 Å². The number of hydrogen-bond acceptors (Lipinski definition) is 2. The van der Waals surface area contributed by atoms with Gasteiger partial charge in [0, 0.05) is 12.4 Å². The van der Waals surface area contributed by atoms with Gasteiger partial charge in [0.15, 0.2) is 0 Å². The van der Waals surface area contributed by atoms with Crippen LogP contribution in [0.4, 0.5) is 0 Å². The van der Waals surface area contributed by atoms with E-state index in [9.17, 15) is 0 Å². The number of aryl methyl sites for hydroxylation is 1. The van der Waals surface area contributed by atoms with E-state index in [-0.39, 0.29) is 6.47 Å². The summed E-state index contributed by atoms with van der Waals surface area (Å²) in [6.45, 7) is 1.87. The average molecular weight is 153 g/mol. The molecule has 11 heavy (non-hydrogen) atoms. The Morgan fingerprint density at radius 1 is 1.73 bits per heavy atom. The van der Waals surface area contributed by atoms with Gasteiger partial charge < -0.3 is 5.11 Å². The van der Waals surface area contributed by atoms with Crippen LogP contribution in [0.1, 0.15) is 12.5 Å². The van der Waals surface area contributed by atoms with Crippen molar-refractivity contribution < 1.29 is 9.90 Å². The van der Waals surface area contributed by atoms with Crippen LogP contribution in [0, 0.1) is 0 Å². The number of pyridine rings is 1. The van der Waals surface area contributed by atoms with Crippen LogP contribution in [0.2, 0.25) is 0 Å². The fourth-order valence-corrected chi connectivity index (χ4v) is 0.607. The molecule has 0 saturated heterocycles. The van der Waals surface area contributed by atoms with E-state index in [2.05, 4.69) is 18.0 Å². The van der Waals surface area contributed by atoms with E-state index < -0.39 is 0 Å². The summed E-state index contributed by atoms with van der Waals surface area (Å²) >= 11 is 0. The maximum Gasteiger partial charge on any atom is 0.290 e. The molecule has 3 nitrogen and oxygen atoms in total. The Morgan fingerprint density at radius 2 is 2.36 bits per heavy atom. The summed E-state index contributed by atoms with van der Waals surface area (Å²) in [6.07, 6.45) is 4.76. The third kappa shape index (κ3) is 5.08. The summed E-state index contributed by atoms with van der Waals surface area (Å²) in [6, 6.07) is 4.03. The van der Waals surface area contributed by atoms with E-state index in [1.807, 2.05) is 12.3 Å². The molecule has 0 aliphatic heterocycles. The van der Waals surface area contributed by atoms with Crippen LogP contribution >= 0.6 is 0 Å². The zero-order valence-electron chi connectivity index (χ0n) is 6.40. The lowest BCUT2D eigenvalue weighted by Crippen LogP contribution is -1.77. The van der Waals surface area contributed by atoms with Crippen LogP contribution in [0.25, 0.3) is 0 Å². The van der Waals surface area contributed by atoms with Crippen molar-refractivity contribution in [3.63, 3.8) is 0 Å². The molecule has 0 unspecified atom stereocenters. The van der Waals surface area contributed by atoms with Crippen molar-refractivity contribution in [3.8, 4) is 0 Å². The van der Waals surface area contributed by atoms with E-state index >= 15 is 0 Å². The average Bonchev–Trinajstić information content (AvgIpc) is 2.08. The predicted octanol–water partition coefficient (Wildman–Crippen LogP) is 1.34. The van der Waals surface area contributed by atoms with Gasteiger partial charge in [0.2, 0.25) is 0 Å². The molecule has 1 rings (SSSR count). The summed E-state index contributed by atoms with van der Waals surface area (Å²) in [5.41, 5.74) is 1.30. The van der Waals surface area contributed by atoms with Gasteiger partial charge in [0.25, 0.3) is 6.47 Å². The first-order valence-corrected chi connectivity index (χ1v) is 3.31. The largest absolute Gasteiger partial charge is 0.483 e. The molecule has 0 aromatic carbocycles. The normalized spacial score (nSPS) is 7.73. The van der Waals surface area contributed by atoms with E-state index in [0.29, 0.717) is 0 Å². The van der Waals surface area contributed by atoms with Gasteiger partial charge in [-0.2, -0.15) is 0 Å². The minimum atomic E-state index is -0.250. The zero-order valence-corrected chi connectivity index (χ0v) is 6.40. The van der Waals surface area contributed by atoms with Gasteiger partial charge in [0.05, 0.1) is 0 Å². The molecule has 60 valence electrons. The fourth-order valence-electron chi connectivity index (χ4n) is 0.607. The third-order valence-electron chi connectivity index (χ3n) is 1.13. The molecule has 0 radical (unpaired) electrons. The summed E-state index contributed by atoms with van der Waals surface area (Å²) in [4.78, 5) is 12.3. The fraction of sp³-hybridized carbons (Fsp3) is 0.250. The standard InChI is InChI=1S/C7H9N.CH2O2/c1-2-7-4-3-5-8-6-7;2-1-3/h3-6H,2H2,1H3;1H,(H,2,3). The molecule has 3 heteroatoms. The smallest absolute Gasteiger partial charge is 0.290 e. The van der Waals surface area contributed by atoms with Gasteiger partial charge >= 0.3 is 0 Å². The molecule has 0 amide bonds. The highest BCUT2D eigenvalue weighted by Gasteiger charge is 1.81. The Labute approximate surface area is 65.7 Å². The lowest BCUT2D eigenvalue weighted by molar-refractivity contribution is -0.122. The molecule has 0 fully saturated rings. The molecule has 1 aromatic heterocycles. The minimum absolute atomic E-state index is 0.250. The minimum Gasteiger partial charge on any atom is -0.483 e. The van der Waals surface area contributed by atoms with Crippen molar-refractivity contribution in [1.29, 1.82) is 0 Å². The van der Waals surface area contributed by atoms with Crippen LogP contribution in [0.3, 0.4) is 0 Å². The van der Waals surface area contributed by atoms with Crippen molar-refractivity contribution in [2.24, 2.45) is 0 Å². The first-order valence-electron chi connectivity index (χ1n) is 3.31. The topological polar surface area (TPSA) is 50.2 Å². The molecule has 0 spiro atoms. The maximum atomic E-state index is 8.36. The second-order valence-electron chi connectivity index (χ2n) is 1.82. The van der Waals surface area contributed by atoms with Gasteiger partial charge in [-0.25, -0.2) is 0 Å². The van der Waals surface area contributed by atoms with Gasteiger partial charge in [-0.3, -0.25) is 9.78 Å². The van der Waals surface area contributed by atoms with E-state index in [4.69, 9.17) is 9.90 Å². The third-order valence-corrected chi connectivity index (χ3v) is 1.13. The first kappa shape index (κ1) is 9.62. The molecule has 1 heterocycles. The molecule has 0 saturated carbocycles. The van der Waals surface area contributed by atoms with Crippen LogP contribution in [-0.2, 0) is 11.2 Å². The summed E-state index contributed by atoms with van der Waals surface area (Å²) in [5.74, 6) is 0. The van der Waals surface area contributed by atoms with Crippen molar-refractivity contribution >= 4 is 6.47 Å². The lowest BCUT2D eigenvalue weighted by Gasteiger charge is -1.88. The van der Waals surface area contributed by atoms with Crippen LogP contribution in [-0.4, -0.2) is 16.6 Å². The summed E-state index contributed by atoms with van der Waals surface area (Å²) in [5, 5.41) is 6.89. The Hall–Kier alpha value is -1.38. The molecule has 0 aliphatic carbocycles. The molecular formula is C8H11NO2. The Balaban J connectivity index is 0.000000292. The Bertz CT molecular complexity index is 187. The van der Waals surface area contributed by atoms with Gasteiger partial charge in [-0.15, -0.1) is 0 Å². The number of hydrogen-bond donors (Lipinski definition) is 1. The molecule has 0 atom stereocenters.